The van der Waals surface area contributed by atoms with Crippen molar-refractivity contribution in [3.63, 3.8) is 0 Å². The van der Waals surface area contributed by atoms with Crippen molar-refractivity contribution in [1.29, 1.82) is 0 Å². The Kier molecular flexibility index (Phi) is 2.09. The molecule has 0 amide bonds. The number of nitrogen functional groups attached to an aromatic ring is 2. The molecule has 72 valence electrons. The summed E-state index contributed by atoms with van der Waals surface area (Å²) in [4.78, 5) is 2.95. The number of nitrogens with one attached hydrogen (secondary N) is 1. The van der Waals surface area contributed by atoms with Gasteiger partial charge in [-0.3, -0.25) is 0 Å². The van der Waals surface area contributed by atoms with Gasteiger partial charge in [-0.2, -0.15) is 0 Å². The predicted octanol–water partition coefficient (Wildman–Crippen LogP) is 2.50. The Bertz CT molecular complexity index is 449. The van der Waals surface area contributed by atoms with Gasteiger partial charge in [0.25, 0.3) is 0 Å². The van der Waals surface area contributed by atoms with E-state index >= 15 is 0 Å². The second-order valence-electron chi connectivity index (χ2n) is 3.06. The number of nitrogens with two attached hydrogens (primary N) is 2. The van der Waals surface area contributed by atoms with E-state index in [1.807, 2.05) is 24.5 Å². The topological polar surface area (TPSA) is 67.8 Å². The minimum absolute atomic E-state index is 0.487. The monoisotopic (exact) mass is 207 g/mol. The van der Waals surface area contributed by atoms with Crippen molar-refractivity contribution in [2.75, 3.05) is 11.5 Å². The molecule has 0 aliphatic rings. The van der Waals surface area contributed by atoms with E-state index in [-0.39, 0.29) is 0 Å². The number of aromatic nitrogens is 1. The average Bonchev–Trinajstić information content (AvgIpc) is 2.63. The van der Waals surface area contributed by atoms with Gasteiger partial charge in [-0.25, -0.2) is 0 Å². The first-order valence-corrected chi connectivity index (χ1v) is 4.54. The molecule has 2 rings (SSSR count). The van der Waals surface area contributed by atoms with Gasteiger partial charge in [0.1, 0.15) is 0 Å². The highest BCUT2D eigenvalue weighted by Crippen LogP contribution is 2.33. The highest BCUT2D eigenvalue weighted by Gasteiger charge is 2.07. The fourth-order valence-electron chi connectivity index (χ4n) is 1.37. The molecule has 0 atom stereocenters. The normalized spacial score (nSPS) is 10.4. The summed E-state index contributed by atoms with van der Waals surface area (Å²) in [7, 11) is 0. The van der Waals surface area contributed by atoms with Gasteiger partial charge in [-0.1, -0.05) is 11.6 Å². The molecule has 3 nitrogen and oxygen atoms in total. The van der Waals surface area contributed by atoms with Crippen molar-refractivity contribution in [3.8, 4) is 11.1 Å². The van der Waals surface area contributed by atoms with E-state index in [1.165, 1.54) is 0 Å². The predicted molar refractivity (Wildman–Crippen MR) is 60.1 cm³/mol. The van der Waals surface area contributed by atoms with Gasteiger partial charge in [-0.05, 0) is 18.2 Å². The Morgan fingerprint density at radius 2 is 2.00 bits per heavy atom. The molecule has 1 heterocycles. The molecular weight excluding hydrogens is 198 g/mol. The van der Waals surface area contributed by atoms with Gasteiger partial charge in [-0.15, -0.1) is 0 Å². The van der Waals surface area contributed by atoms with Crippen LogP contribution >= 0.6 is 11.6 Å². The standard InChI is InChI=1S/C10H10ClN3/c11-9-4-7(12)3-8(10(9)13)6-1-2-14-5-6/h1-5,14H,12-13H2. The smallest absolute Gasteiger partial charge is 0.0662 e. The van der Waals surface area contributed by atoms with Crippen LogP contribution in [0.25, 0.3) is 11.1 Å². The minimum Gasteiger partial charge on any atom is -0.399 e. The number of H-pyrrole nitrogens is 1. The number of rotatable bonds is 1. The lowest BCUT2D eigenvalue weighted by molar-refractivity contribution is 1.41. The third kappa shape index (κ3) is 1.42. The summed E-state index contributed by atoms with van der Waals surface area (Å²) >= 11 is 5.92. The van der Waals surface area contributed by atoms with E-state index in [4.69, 9.17) is 23.1 Å². The van der Waals surface area contributed by atoms with Crippen LogP contribution in [0.3, 0.4) is 0 Å². The maximum absolute atomic E-state index is 5.92. The van der Waals surface area contributed by atoms with Crippen LogP contribution in [-0.4, -0.2) is 4.98 Å². The molecule has 0 saturated heterocycles. The summed E-state index contributed by atoms with van der Waals surface area (Å²) in [5.74, 6) is 0. The Hall–Kier alpha value is -1.61. The molecule has 0 spiro atoms. The van der Waals surface area contributed by atoms with Crippen LogP contribution in [0.1, 0.15) is 0 Å². The molecule has 1 aromatic carbocycles. The molecule has 0 saturated carbocycles. The number of aromatic amines is 1. The SMILES string of the molecule is Nc1cc(Cl)c(N)c(-c2cc[nH]c2)c1. The van der Waals surface area contributed by atoms with Crippen LogP contribution in [0, 0.1) is 0 Å². The average molecular weight is 208 g/mol. The molecule has 14 heavy (non-hydrogen) atoms. The number of anilines is 2. The molecule has 5 N–H and O–H groups in total. The maximum Gasteiger partial charge on any atom is 0.0662 e. The second-order valence-corrected chi connectivity index (χ2v) is 3.47. The largest absolute Gasteiger partial charge is 0.399 e. The zero-order valence-corrected chi connectivity index (χ0v) is 8.18. The van der Waals surface area contributed by atoms with E-state index in [0.717, 1.165) is 11.1 Å². The van der Waals surface area contributed by atoms with E-state index in [1.54, 1.807) is 6.07 Å². The second kappa shape index (κ2) is 3.27. The summed E-state index contributed by atoms with van der Waals surface area (Å²) in [6.45, 7) is 0. The third-order valence-electron chi connectivity index (χ3n) is 2.06. The number of hydrogen-bond donors (Lipinski definition) is 3. The Morgan fingerprint density at radius 1 is 1.21 bits per heavy atom. The van der Waals surface area contributed by atoms with Gasteiger partial charge >= 0.3 is 0 Å². The van der Waals surface area contributed by atoms with Crippen LogP contribution in [0.4, 0.5) is 11.4 Å². The highest BCUT2D eigenvalue weighted by molar-refractivity contribution is 6.34. The zero-order chi connectivity index (χ0) is 10.1. The Morgan fingerprint density at radius 3 is 2.64 bits per heavy atom. The lowest BCUT2D eigenvalue weighted by Gasteiger charge is -2.06. The molecular formula is C10H10ClN3. The van der Waals surface area contributed by atoms with E-state index in [0.29, 0.717) is 16.4 Å². The fraction of sp³-hybridized carbons (Fsp3) is 0. The van der Waals surface area contributed by atoms with E-state index in [9.17, 15) is 0 Å². The number of hydrogen-bond acceptors (Lipinski definition) is 2. The quantitative estimate of drug-likeness (QED) is 0.629. The van der Waals surface area contributed by atoms with Gasteiger partial charge in [0.2, 0.25) is 0 Å². The lowest BCUT2D eigenvalue weighted by Crippen LogP contribution is -1.93. The van der Waals surface area contributed by atoms with Crippen molar-refractivity contribution >= 4 is 23.0 Å². The van der Waals surface area contributed by atoms with Crippen LogP contribution in [-0.2, 0) is 0 Å². The number of halogens is 1. The Balaban J connectivity index is 2.64. The van der Waals surface area contributed by atoms with Gasteiger partial charge < -0.3 is 16.5 Å². The van der Waals surface area contributed by atoms with Crippen molar-refractivity contribution in [3.05, 3.63) is 35.6 Å². The summed E-state index contributed by atoms with van der Waals surface area (Å²) < 4.78 is 0. The van der Waals surface area contributed by atoms with Crippen molar-refractivity contribution < 1.29 is 0 Å². The van der Waals surface area contributed by atoms with Crippen molar-refractivity contribution in [2.24, 2.45) is 0 Å². The minimum atomic E-state index is 0.487. The van der Waals surface area contributed by atoms with Crippen molar-refractivity contribution in [2.45, 2.75) is 0 Å². The first kappa shape index (κ1) is 8.97. The lowest BCUT2D eigenvalue weighted by atomic mass is 10.1. The molecule has 0 aliphatic heterocycles. The summed E-state index contributed by atoms with van der Waals surface area (Å²) in [6.07, 6.45) is 3.67. The van der Waals surface area contributed by atoms with Crippen LogP contribution in [0.15, 0.2) is 30.6 Å². The molecule has 4 heteroatoms. The van der Waals surface area contributed by atoms with Crippen LogP contribution < -0.4 is 11.5 Å². The molecule has 0 aliphatic carbocycles. The molecule has 0 fully saturated rings. The van der Waals surface area contributed by atoms with Crippen LogP contribution in [0.5, 0.6) is 0 Å². The molecule has 2 aromatic rings. The van der Waals surface area contributed by atoms with Crippen LogP contribution in [0.2, 0.25) is 5.02 Å². The third-order valence-corrected chi connectivity index (χ3v) is 2.37. The fourth-order valence-corrected chi connectivity index (χ4v) is 1.60. The van der Waals surface area contributed by atoms with Gasteiger partial charge in [0.05, 0.1) is 10.7 Å². The van der Waals surface area contributed by atoms with Crippen molar-refractivity contribution in [1.82, 2.24) is 4.98 Å². The Labute approximate surface area is 86.7 Å². The summed E-state index contributed by atoms with van der Waals surface area (Å²) in [6, 6.07) is 5.37. The van der Waals surface area contributed by atoms with E-state index < -0.39 is 0 Å². The van der Waals surface area contributed by atoms with Gasteiger partial charge in [0, 0.05) is 29.2 Å². The van der Waals surface area contributed by atoms with E-state index in [2.05, 4.69) is 4.98 Å². The molecule has 0 bridgehead atoms. The first-order valence-electron chi connectivity index (χ1n) is 4.16. The number of benzene rings is 1. The first-order chi connectivity index (χ1) is 6.68. The zero-order valence-electron chi connectivity index (χ0n) is 7.42. The summed E-state index contributed by atoms with van der Waals surface area (Å²) in [5.41, 5.74) is 14.5. The maximum atomic E-state index is 5.92. The summed E-state index contributed by atoms with van der Waals surface area (Å²) in [5, 5.41) is 0.487. The molecule has 0 unspecified atom stereocenters. The molecule has 0 radical (unpaired) electrons. The molecule has 1 aromatic heterocycles. The highest BCUT2D eigenvalue weighted by atomic mass is 35.5. The van der Waals surface area contributed by atoms with Gasteiger partial charge in [0.15, 0.2) is 0 Å².